The van der Waals surface area contributed by atoms with Crippen LogP contribution < -0.4 is 20.1 Å². The first-order chi connectivity index (χ1) is 13.7. The van der Waals surface area contributed by atoms with Crippen LogP contribution in [-0.2, 0) is 11.2 Å². The van der Waals surface area contributed by atoms with Crippen LogP contribution in [0.5, 0.6) is 11.5 Å². The fraction of sp³-hybridized carbons (Fsp3) is 0.682. The average Bonchev–Trinajstić information content (AvgIpc) is 3.19. The van der Waals surface area contributed by atoms with Crippen LogP contribution in [-0.4, -0.2) is 53.5 Å². The van der Waals surface area contributed by atoms with Crippen LogP contribution in [0.3, 0.4) is 0 Å². The Kier molecular flexibility index (Phi) is 12.4. The van der Waals surface area contributed by atoms with Gasteiger partial charge in [0.15, 0.2) is 5.96 Å². The Labute approximate surface area is 193 Å². The number of nitrogens with zero attached hydrogens (tertiary/aromatic N) is 1. The largest absolute Gasteiger partial charge is 0.497 e. The van der Waals surface area contributed by atoms with Crippen molar-refractivity contribution in [2.75, 3.05) is 47.6 Å². The number of ether oxygens (including phenoxy) is 3. The van der Waals surface area contributed by atoms with Gasteiger partial charge in [-0.25, -0.2) is 0 Å². The third-order valence-electron chi connectivity index (χ3n) is 5.67. The van der Waals surface area contributed by atoms with Crippen LogP contribution in [0, 0.1) is 5.41 Å². The summed E-state index contributed by atoms with van der Waals surface area (Å²) < 4.78 is 16.4. The molecule has 0 spiro atoms. The SMILES string of the molecule is CCOCCC1(CNC(=NC)NCCc2cc(OC)ccc2OC)CCCC1.I. The maximum absolute atomic E-state index is 5.61. The second-order valence-electron chi connectivity index (χ2n) is 7.43. The van der Waals surface area contributed by atoms with Crippen LogP contribution in [0.1, 0.15) is 44.6 Å². The van der Waals surface area contributed by atoms with E-state index < -0.39 is 0 Å². The van der Waals surface area contributed by atoms with E-state index in [1.807, 2.05) is 25.2 Å². The Bertz CT molecular complexity index is 619. The second-order valence-corrected chi connectivity index (χ2v) is 7.43. The molecule has 1 fully saturated rings. The summed E-state index contributed by atoms with van der Waals surface area (Å²) in [5, 5.41) is 6.97. The Hall–Kier alpha value is -1.22. The van der Waals surface area contributed by atoms with E-state index in [0.717, 1.165) is 62.2 Å². The van der Waals surface area contributed by atoms with E-state index in [1.165, 1.54) is 25.7 Å². The molecular formula is C22H38IN3O3. The number of halogens is 1. The molecule has 1 aromatic carbocycles. The molecule has 1 aliphatic carbocycles. The van der Waals surface area contributed by atoms with Gasteiger partial charge in [-0.05, 0) is 61.8 Å². The summed E-state index contributed by atoms with van der Waals surface area (Å²) in [6.07, 6.45) is 7.11. The number of nitrogens with one attached hydrogen (secondary N) is 2. The quantitative estimate of drug-likeness (QED) is 0.200. The van der Waals surface area contributed by atoms with Crippen LogP contribution in [0.4, 0.5) is 0 Å². The molecule has 0 aliphatic heterocycles. The van der Waals surface area contributed by atoms with Gasteiger partial charge < -0.3 is 24.8 Å². The van der Waals surface area contributed by atoms with Gasteiger partial charge in [-0.2, -0.15) is 0 Å². The molecule has 0 bridgehead atoms. The molecule has 6 nitrogen and oxygen atoms in total. The number of methoxy groups -OCH3 is 2. The summed E-state index contributed by atoms with van der Waals surface area (Å²) in [7, 11) is 5.20. The molecule has 0 atom stereocenters. The first kappa shape index (κ1) is 25.8. The number of hydrogen-bond acceptors (Lipinski definition) is 4. The zero-order valence-corrected chi connectivity index (χ0v) is 20.7. The Balaban J connectivity index is 0.00000420. The zero-order valence-electron chi connectivity index (χ0n) is 18.4. The van der Waals surface area contributed by atoms with Crippen molar-refractivity contribution >= 4 is 29.9 Å². The second kappa shape index (κ2) is 13.9. The number of hydrogen-bond donors (Lipinski definition) is 2. The number of guanidine groups is 1. The van der Waals surface area contributed by atoms with Gasteiger partial charge in [0.2, 0.25) is 0 Å². The van der Waals surface area contributed by atoms with Gasteiger partial charge in [0.05, 0.1) is 14.2 Å². The highest BCUT2D eigenvalue weighted by molar-refractivity contribution is 14.0. The van der Waals surface area contributed by atoms with E-state index in [1.54, 1.807) is 14.2 Å². The van der Waals surface area contributed by atoms with Crippen LogP contribution in [0.25, 0.3) is 0 Å². The predicted molar refractivity (Wildman–Crippen MR) is 130 cm³/mol. The van der Waals surface area contributed by atoms with Crippen molar-refractivity contribution in [3.05, 3.63) is 23.8 Å². The average molecular weight is 519 g/mol. The standard InChI is InChI=1S/C22H37N3O3.HI/c1-5-28-15-13-22(11-6-7-12-22)17-25-21(23-2)24-14-10-18-16-19(26-3)8-9-20(18)27-4;/h8-9,16H,5-7,10-15,17H2,1-4H3,(H2,23,24,25);1H. The molecule has 1 aromatic rings. The molecule has 2 rings (SSSR count). The predicted octanol–water partition coefficient (Wildman–Crippen LogP) is 4.02. The van der Waals surface area contributed by atoms with Crippen LogP contribution >= 0.6 is 24.0 Å². The number of benzene rings is 1. The minimum absolute atomic E-state index is 0. The van der Waals surface area contributed by atoms with Gasteiger partial charge in [0, 0.05) is 33.4 Å². The molecule has 0 aromatic heterocycles. The summed E-state index contributed by atoms with van der Waals surface area (Å²) in [5.41, 5.74) is 1.46. The van der Waals surface area contributed by atoms with Gasteiger partial charge in [-0.3, -0.25) is 4.99 Å². The van der Waals surface area contributed by atoms with Gasteiger partial charge in [0.1, 0.15) is 11.5 Å². The highest BCUT2D eigenvalue weighted by atomic mass is 127. The molecule has 0 amide bonds. The molecule has 7 heteroatoms. The fourth-order valence-electron chi connectivity index (χ4n) is 3.96. The Morgan fingerprint density at radius 1 is 1.14 bits per heavy atom. The Morgan fingerprint density at radius 3 is 2.52 bits per heavy atom. The lowest BCUT2D eigenvalue weighted by Crippen LogP contribution is -2.44. The fourth-order valence-corrected chi connectivity index (χ4v) is 3.96. The van der Waals surface area contributed by atoms with Gasteiger partial charge >= 0.3 is 0 Å². The minimum atomic E-state index is 0. The third kappa shape index (κ3) is 8.20. The van der Waals surface area contributed by atoms with Crippen molar-refractivity contribution in [3.8, 4) is 11.5 Å². The van der Waals surface area contributed by atoms with Crippen molar-refractivity contribution < 1.29 is 14.2 Å². The van der Waals surface area contributed by atoms with Crippen molar-refractivity contribution in [3.63, 3.8) is 0 Å². The van der Waals surface area contributed by atoms with Gasteiger partial charge in [-0.1, -0.05) is 12.8 Å². The zero-order chi connectivity index (χ0) is 20.2. The van der Waals surface area contributed by atoms with Gasteiger partial charge in [-0.15, -0.1) is 24.0 Å². The number of aliphatic imine (C=N–C) groups is 1. The van der Waals surface area contributed by atoms with Gasteiger partial charge in [0.25, 0.3) is 0 Å². The molecule has 0 unspecified atom stereocenters. The lowest BCUT2D eigenvalue weighted by molar-refractivity contribution is 0.105. The summed E-state index contributed by atoms with van der Waals surface area (Å²) in [6, 6.07) is 5.89. The van der Waals surface area contributed by atoms with E-state index in [2.05, 4.69) is 22.5 Å². The maximum Gasteiger partial charge on any atom is 0.191 e. The van der Waals surface area contributed by atoms with Crippen molar-refractivity contribution in [2.45, 2.75) is 45.4 Å². The number of rotatable bonds is 11. The first-order valence-corrected chi connectivity index (χ1v) is 10.4. The smallest absolute Gasteiger partial charge is 0.191 e. The maximum atomic E-state index is 5.61. The highest BCUT2D eigenvalue weighted by Gasteiger charge is 2.33. The molecule has 1 saturated carbocycles. The van der Waals surface area contributed by atoms with E-state index in [9.17, 15) is 0 Å². The van der Waals surface area contributed by atoms with E-state index >= 15 is 0 Å². The Morgan fingerprint density at radius 2 is 1.90 bits per heavy atom. The van der Waals surface area contributed by atoms with Crippen molar-refractivity contribution in [1.29, 1.82) is 0 Å². The topological polar surface area (TPSA) is 64.1 Å². The molecule has 1 aliphatic rings. The summed E-state index contributed by atoms with van der Waals surface area (Å²) in [4.78, 5) is 4.39. The summed E-state index contributed by atoms with van der Waals surface area (Å²) in [6.45, 7) is 5.42. The molecule has 29 heavy (non-hydrogen) atoms. The van der Waals surface area contributed by atoms with Crippen molar-refractivity contribution in [2.24, 2.45) is 10.4 Å². The van der Waals surface area contributed by atoms with E-state index in [0.29, 0.717) is 5.41 Å². The van der Waals surface area contributed by atoms with Crippen LogP contribution in [0.2, 0.25) is 0 Å². The summed E-state index contributed by atoms with van der Waals surface area (Å²) >= 11 is 0. The monoisotopic (exact) mass is 519 g/mol. The minimum Gasteiger partial charge on any atom is -0.497 e. The normalized spacial score (nSPS) is 15.5. The molecule has 166 valence electrons. The lowest BCUT2D eigenvalue weighted by atomic mass is 9.83. The molecule has 0 heterocycles. The van der Waals surface area contributed by atoms with E-state index in [-0.39, 0.29) is 24.0 Å². The lowest BCUT2D eigenvalue weighted by Gasteiger charge is -2.30. The molecule has 0 radical (unpaired) electrons. The summed E-state index contributed by atoms with van der Waals surface area (Å²) in [5.74, 6) is 2.58. The third-order valence-corrected chi connectivity index (χ3v) is 5.67. The molecule has 0 saturated heterocycles. The molecule has 2 N–H and O–H groups in total. The molecular weight excluding hydrogens is 481 g/mol. The first-order valence-electron chi connectivity index (χ1n) is 10.4. The van der Waals surface area contributed by atoms with Crippen LogP contribution in [0.15, 0.2) is 23.2 Å². The van der Waals surface area contributed by atoms with Crippen molar-refractivity contribution in [1.82, 2.24) is 10.6 Å². The highest BCUT2D eigenvalue weighted by Crippen LogP contribution is 2.40. The van der Waals surface area contributed by atoms with E-state index in [4.69, 9.17) is 14.2 Å².